The molecule has 2 aliphatic heterocycles. The van der Waals surface area contributed by atoms with Crippen LogP contribution in [0.2, 0.25) is 0 Å². The lowest BCUT2D eigenvalue weighted by Gasteiger charge is -2.32. The number of rotatable bonds is 4. The Bertz CT molecular complexity index is 927. The molecule has 27 heavy (non-hydrogen) atoms. The summed E-state index contributed by atoms with van der Waals surface area (Å²) in [6, 6.07) is 8.93. The molecule has 4 atom stereocenters. The Balaban J connectivity index is 1.60. The van der Waals surface area contributed by atoms with Gasteiger partial charge in [-0.2, -0.15) is 4.98 Å². The van der Waals surface area contributed by atoms with E-state index in [0.717, 1.165) is 13.0 Å². The lowest BCUT2D eigenvalue weighted by Crippen LogP contribution is -2.45. The second-order valence-electron chi connectivity index (χ2n) is 7.40. The maximum absolute atomic E-state index is 12.7. The van der Waals surface area contributed by atoms with Gasteiger partial charge in [0.15, 0.2) is 6.23 Å². The third-order valence-corrected chi connectivity index (χ3v) is 5.94. The van der Waals surface area contributed by atoms with Gasteiger partial charge in [0, 0.05) is 29.8 Å². The van der Waals surface area contributed by atoms with Gasteiger partial charge in [0.2, 0.25) is 0 Å². The molecule has 7 heteroatoms. The average molecular weight is 368 g/mol. The van der Waals surface area contributed by atoms with E-state index in [1.807, 2.05) is 13.0 Å². The number of hydrogen-bond donors (Lipinski definition) is 2. The Morgan fingerprint density at radius 2 is 2.15 bits per heavy atom. The Kier molecular flexibility index (Phi) is 4.36. The first kappa shape index (κ1) is 17.9. The van der Waals surface area contributed by atoms with Crippen LogP contribution in [-0.2, 0) is 4.74 Å². The molecule has 4 rings (SSSR count). The first-order chi connectivity index (χ1) is 12.9. The van der Waals surface area contributed by atoms with Crippen molar-refractivity contribution in [2.24, 2.45) is 5.92 Å². The summed E-state index contributed by atoms with van der Waals surface area (Å²) < 4.78 is 7.83. The van der Waals surface area contributed by atoms with Gasteiger partial charge in [0.05, 0.1) is 11.6 Å². The van der Waals surface area contributed by atoms with Crippen LogP contribution < -0.4 is 16.3 Å². The van der Waals surface area contributed by atoms with Crippen molar-refractivity contribution in [2.45, 2.75) is 45.1 Å². The van der Waals surface area contributed by atoms with Crippen LogP contribution in [0.5, 0.6) is 0 Å². The van der Waals surface area contributed by atoms with Gasteiger partial charge in [-0.05, 0) is 25.5 Å². The number of carbonyl (C=O) groups is 1. The van der Waals surface area contributed by atoms with E-state index in [9.17, 15) is 9.59 Å². The zero-order valence-electron chi connectivity index (χ0n) is 15.7. The molecular weight excluding hydrogens is 344 g/mol. The monoisotopic (exact) mass is 368 g/mol. The fourth-order valence-corrected chi connectivity index (χ4v) is 4.17. The van der Waals surface area contributed by atoms with Crippen LogP contribution >= 0.6 is 0 Å². The minimum atomic E-state index is -0.429. The molecule has 1 amide bonds. The lowest BCUT2D eigenvalue weighted by molar-refractivity contribution is -0.102. The number of aromatic nitrogens is 2. The molecule has 2 bridgehead atoms. The summed E-state index contributed by atoms with van der Waals surface area (Å²) in [6.45, 7) is 6.90. The number of ether oxygens (including phenoxy) is 1. The Hall–Kier alpha value is -2.51. The van der Waals surface area contributed by atoms with Crippen LogP contribution in [0.4, 0.5) is 5.82 Å². The second-order valence-corrected chi connectivity index (χ2v) is 7.40. The van der Waals surface area contributed by atoms with Crippen LogP contribution in [0.25, 0.3) is 0 Å². The number of hydrogen-bond acceptors (Lipinski definition) is 5. The normalized spacial score (nSPS) is 29.1. The number of benzene rings is 1. The van der Waals surface area contributed by atoms with Crippen molar-refractivity contribution in [1.29, 1.82) is 0 Å². The van der Waals surface area contributed by atoms with Gasteiger partial charge in [-0.25, -0.2) is 4.79 Å². The van der Waals surface area contributed by atoms with Gasteiger partial charge in [-0.3, -0.25) is 9.36 Å². The number of carbonyl (C=O) groups excluding carboxylic acids is 1. The van der Waals surface area contributed by atoms with E-state index in [4.69, 9.17) is 4.74 Å². The number of fused-ring (bicyclic) bond motifs is 2. The van der Waals surface area contributed by atoms with Crippen LogP contribution in [0.1, 0.15) is 42.4 Å². The minimum Gasteiger partial charge on any atom is -0.348 e. The SMILES string of the molecule is CC[C@@]12CN[C@@H](C(n3cc(C)c(NC(=O)c4ccccc4)nc3=O)O1)[C@@H]2C. The largest absolute Gasteiger partial charge is 0.351 e. The third-order valence-electron chi connectivity index (χ3n) is 5.94. The van der Waals surface area contributed by atoms with Crippen molar-refractivity contribution in [3.63, 3.8) is 0 Å². The summed E-state index contributed by atoms with van der Waals surface area (Å²) in [6.07, 6.45) is 2.23. The standard InChI is InChI=1S/C20H24N4O3/c1-4-20-11-21-15(13(20)3)18(27-20)24-10-12(2)16(23-19(24)26)22-17(25)14-8-6-5-7-9-14/h5-10,13,15,18,21H,4,11H2,1-3H3,(H,22,23,25,26)/t13-,15+,18?,20-/m0/s1. The van der Waals surface area contributed by atoms with Crippen LogP contribution in [-0.4, -0.2) is 33.6 Å². The highest BCUT2D eigenvalue weighted by Gasteiger charge is 2.57. The molecule has 2 fully saturated rings. The summed E-state index contributed by atoms with van der Waals surface area (Å²) in [5, 5.41) is 6.21. The fourth-order valence-electron chi connectivity index (χ4n) is 4.17. The zero-order chi connectivity index (χ0) is 19.2. The van der Waals surface area contributed by atoms with Gasteiger partial charge < -0.3 is 15.4 Å². The van der Waals surface area contributed by atoms with E-state index in [-0.39, 0.29) is 29.6 Å². The van der Waals surface area contributed by atoms with Crippen molar-refractivity contribution in [2.75, 3.05) is 11.9 Å². The van der Waals surface area contributed by atoms with E-state index in [2.05, 4.69) is 29.5 Å². The molecule has 0 radical (unpaired) electrons. The maximum Gasteiger partial charge on any atom is 0.351 e. The molecular formula is C20H24N4O3. The van der Waals surface area contributed by atoms with E-state index in [1.165, 1.54) is 4.57 Å². The third kappa shape index (κ3) is 2.87. The van der Waals surface area contributed by atoms with Crippen LogP contribution in [0, 0.1) is 12.8 Å². The molecule has 1 unspecified atom stereocenters. The van der Waals surface area contributed by atoms with E-state index >= 15 is 0 Å². The smallest absolute Gasteiger partial charge is 0.348 e. The summed E-state index contributed by atoms with van der Waals surface area (Å²) in [5.41, 5.74) is 0.565. The topological polar surface area (TPSA) is 85.3 Å². The summed E-state index contributed by atoms with van der Waals surface area (Å²) in [7, 11) is 0. The predicted molar refractivity (Wildman–Crippen MR) is 102 cm³/mol. The molecule has 2 saturated heterocycles. The molecule has 7 nitrogen and oxygen atoms in total. The summed E-state index contributed by atoms with van der Waals surface area (Å²) in [4.78, 5) is 29.1. The number of morpholine rings is 1. The summed E-state index contributed by atoms with van der Waals surface area (Å²) in [5.74, 6) is 0.302. The number of anilines is 1. The molecule has 1 aromatic carbocycles. The quantitative estimate of drug-likeness (QED) is 0.863. The highest BCUT2D eigenvalue weighted by molar-refractivity contribution is 6.03. The number of amides is 1. The first-order valence-electron chi connectivity index (χ1n) is 9.32. The van der Waals surface area contributed by atoms with Crippen molar-refractivity contribution in [3.05, 3.63) is 58.1 Å². The van der Waals surface area contributed by atoms with Crippen molar-refractivity contribution < 1.29 is 9.53 Å². The molecule has 1 aromatic heterocycles. The molecule has 3 heterocycles. The van der Waals surface area contributed by atoms with E-state index in [1.54, 1.807) is 30.5 Å². The fraction of sp³-hybridized carbons (Fsp3) is 0.450. The Labute approximate surface area is 157 Å². The molecule has 0 aliphatic carbocycles. The van der Waals surface area contributed by atoms with Gasteiger partial charge in [0.1, 0.15) is 5.82 Å². The van der Waals surface area contributed by atoms with Crippen LogP contribution in [0.15, 0.2) is 41.3 Å². The van der Waals surface area contributed by atoms with Crippen molar-refractivity contribution in [1.82, 2.24) is 14.9 Å². The number of aryl methyl sites for hydroxylation is 1. The zero-order valence-corrected chi connectivity index (χ0v) is 15.7. The van der Waals surface area contributed by atoms with Crippen molar-refractivity contribution >= 4 is 11.7 Å². The highest BCUT2D eigenvalue weighted by atomic mass is 16.5. The van der Waals surface area contributed by atoms with Crippen molar-refractivity contribution in [3.8, 4) is 0 Å². The average Bonchev–Trinajstić information content (AvgIpc) is 3.15. The summed E-state index contributed by atoms with van der Waals surface area (Å²) >= 11 is 0. The Morgan fingerprint density at radius 1 is 1.41 bits per heavy atom. The number of nitrogens with one attached hydrogen (secondary N) is 2. The minimum absolute atomic E-state index is 0.0774. The molecule has 0 saturated carbocycles. The maximum atomic E-state index is 12.7. The van der Waals surface area contributed by atoms with E-state index < -0.39 is 5.69 Å². The van der Waals surface area contributed by atoms with Gasteiger partial charge in [-0.1, -0.05) is 32.0 Å². The molecule has 2 aliphatic rings. The predicted octanol–water partition coefficient (Wildman–Crippen LogP) is 2.09. The van der Waals surface area contributed by atoms with Gasteiger partial charge >= 0.3 is 5.69 Å². The highest BCUT2D eigenvalue weighted by Crippen LogP contribution is 2.47. The van der Waals surface area contributed by atoms with E-state index in [0.29, 0.717) is 17.0 Å². The molecule has 142 valence electrons. The van der Waals surface area contributed by atoms with Crippen LogP contribution in [0.3, 0.4) is 0 Å². The van der Waals surface area contributed by atoms with Gasteiger partial charge in [-0.15, -0.1) is 0 Å². The Morgan fingerprint density at radius 3 is 2.81 bits per heavy atom. The molecule has 2 aromatic rings. The lowest BCUT2D eigenvalue weighted by atomic mass is 9.88. The first-order valence-corrected chi connectivity index (χ1v) is 9.32. The molecule has 2 N–H and O–H groups in total. The molecule has 0 spiro atoms. The second kappa shape index (κ2) is 6.58. The van der Waals surface area contributed by atoms with Gasteiger partial charge in [0.25, 0.3) is 5.91 Å². The number of nitrogens with zero attached hydrogens (tertiary/aromatic N) is 2.